The minimum atomic E-state index is -0.409. The molecule has 0 amide bonds. The smallest absolute Gasteiger partial charge is 0.326 e. The van der Waals surface area contributed by atoms with Crippen molar-refractivity contribution in [1.29, 1.82) is 0 Å². The second-order valence-electron chi connectivity index (χ2n) is 8.32. The molecular weight excluding hydrogens is 397 g/mol. The van der Waals surface area contributed by atoms with Gasteiger partial charge in [0.1, 0.15) is 17.5 Å². The number of halogens is 1. The minimum Gasteiger partial charge on any atom is -0.421 e. The number of β-amino-alcohol motifs (C(OH)–C–C–N with tert-alkyl or cyclic N) is 1. The average molecular weight is 421 g/mol. The predicted molar refractivity (Wildman–Crippen MR) is 118 cm³/mol. The Morgan fingerprint density at radius 2 is 2.06 bits per heavy atom. The molecule has 8 heteroatoms. The number of allylic oxidation sites excluding steroid dienone is 1. The van der Waals surface area contributed by atoms with E-state index in [2.05, 4.69) is 20.3 Å². The molecule has 0 saturated carbocycles. The number of ether oxygens (including phenoxy) is 1. The van der Waals surface area contributed by atoms with Gasteiger partial charge in [-0.05, 0) is 50.0 Å². The monoisotopic (exact) mass is 421 g/mol. The van der Waals surface area contributed by atoms with Gasteiger partial charge in [-0.2, -0.15) is 9.97 Å². The van der Waals surface area contributed by atoms with Crippen molar-refractivity contribution in [3.8, 4) is 11.8 Å². The van der Waals surface area contributed by atoms with Crippen LogP contribution in [0.4, 0.5) is 16.0 Å². The zero-order chi connectivity index (χ0) is 21.5. The van der Waals surface area contributed by atoms with Gasteiger partial charge in [0, 0.05) is 24.7 Å². The Labute approximate surface area is 180 Å². The van der Waals surface area contributed by atoms with Crippen molar-refractivity contribution >= 4 is 23.5 Å². The highest BCUT2D eigenvalue weighted by Crippen LogP contribution is 2.34. The molecule has 5 rings (SSSR count). The summed E-state index contributed by atoms with van der Waals surface area (Å²) < 4.78 is 20.9. The fourth-order valence-corrected chi connectivity index (χ4v) is 4.07. The first-order chi connectivity index (χ1) is 14.9. The van der Waals surface area contributed by atoms with Gasteiger partial charge in [-0.3, -0.25) is 4.99 Å². The molecule has 1 fully saturated rings. The van der Waals surface area contributed by atoms with Crippen molar-refractivity contribution in [3.05, 3.63) is 52.4 Å². The van der Waals surface area contributed by atoms with E-state index < -0.39 is 11.9 Å². The van der Waals surface area contributed by atoms with Gasteiger partial charge in [0.15, 0.2) is 11.6 Å². The van der Waals surface area contributed by atoms with E-state index in [0.29, 0.717) is 49.1 Å². The maximum absolute atomic E-state index is 15.0. The number of anilines is 2. The topological polar surface area (TPSA) is 82.9 Å². The Balaban J connectivity index is 1.47. The SMILES string of the molecule is CC1=CC(Nc2cc(N3CCC(O)C3)nc(Oc3ccc4c(c3F)C=C(C)C4)n2)=NC1. The third-order valence-electron chi connectivity index (χ3n) is 5.61. The lowest BCUT2D eigenvalue weighted by atomic mass is 10.1. The van der Waals surface area contributed by atoms with Gasteiger partial charge < -0.3 is 20.1 Å². The molecular formula is C23H24FN5O2. The standard InChI is InChI=1S/C23H24FN5O2/c1-13-7-15-3-4-18(22(24)17(15)8-13)31-23-27-20(26-19-9-14(2)11-25-19)10-21(28-23)29-6-5-16(30)12-29/h3-4,8-10,16,30H,5-7,11-12H2,1-2H3,(H,25,26,27,28). The van der Waals surface area contributed by atoms with E-state index in [1.54, 1.807) is 12.1 Å². The quantitative estimate of drug-likeness (QED) is 0.783. The summed E-state index contributed by atoms with van der Waals surface area (Å²) in [6.45, 7) is 5.80. The summed E-state index contributed by atoms with van der Waals surface area (Å²) in [5.41, 5.74) is 3.78. The molecule has 7 nitrogen and oxygen atoms in total. The molecule has 0 bridgehead atoms. The lowest BCUT2D eigenvalue weighted by molar-refractivity contribution is 0.198. The first-order valence-corrected chi connectivity index (χ1v) is 10.4. The number of nitrogens with zero attached hydrogens (tertiary/aromatic N) is 4. The summed E-state index contributed by atoms with van der Waals surface area (Å²) >= 11 is 0. The lowest BCUT2D eigenvalue weighted by Gasteiger charge is -2.18. The maximum Gasteiger partial charge on any atom is 0.326 e. The molecule has 1 atom stereocenters. The van der Waals surface area contributed by atoms with E-state index >= 15 is 4.39 Å². The number of hydrogen-bond donors (Lipinski definition) is 2. The van der Waals surface area contributed by atoms with Crippen molar-refractivity contribution in [1.82, 2.24) is 9.97 Å². The van der Waals surface area contributed by atoms with Crippen molar-refractivity contribution < 1.29 is 14.2 Å². The van der Waals surface area contributed by atoms with Crippen LogP contribution in [0.15, 0.2) is 40.4 Å². The number of aliphatic imine (C=N–C) groups is 1. The summed E-state index contributed by atoms with van der Waals surface area (Å²) in [6.07, 6.45) is 4.82. The number of fused-ring (bicyclic) bond motifs is 1. The molecule has 31 heavy (non-hydrogen) atoms. The third-order valence-corrected chi connectivity index (χ3v) is 5.61. The van der Waals surface area contributed by atoms with Crippen LogP contribution in [0.1, 0.15) is 31.4 Å². The molecule has 1 unspecified atom stereocenters. The molecule has 1 aromatic carbocycles. The van der Waals surface area contributed by atoms with Crippen LogP contribution in [0.5, 0.6) is 11.8 Å². The molecule has 3 aliphatic rings. The van der Waals surface area contributed by atoms with Gasteiger partial charge in [-0.25, -0.2) is 4.39 Å². The van der Waals surface area contributed by atoms with Crippen molar-refractivity contribution in [2.45, 2.75) is 32.8 Å². The van der Waals surface area contributed by atoms with Crippen LogP contribution in [0, 0.1) is 5.82 Å². The maximum atomic E-state index is 15.0. The van der Waals surface area contributed by atoms with E-state index in [9.17, 15) is 5.11 Å². The van der Waals surface area contributed by atoms with E-state index in [0.717, 1.165) is 23.1 Å². The van der Waals surface area contributed by atoms with Gasteiger partial charge in [-0.15, -0.1) is 0 Å². The molecule has 2 aromatic rings. The van der Waals surface area contributed by atoms with Crippen LogP contribution in [0.25, 0.3) is 6.08 Å². The van der Waals surface area contributed by atoms with Gasteiger partial charge in [-0.1, -0.05) is 17.7 Å². The fourth-order valence-electron chi connectivity index (χ4n) is 4.07. The normalized spacial score (nSPS) is 19.8. The van der Waals surface area contributed by atoms with Crippen LogP contribution in [-0.2, 0) is 6.42 Å². The Kier molecular flexibility index (Phi) is 4.94. The number of aliphatic hydroxyl groups excluding tert-OH is 1. The first kappa shape index (κ1) is 19.7. The molecule has 2 N–H and O–H groups in total. The zero-order valence-electron chi connectivity index (χ0n) is 17.5. The summed E-state index contributed by atoms with van der Waals surface area (Å²) in [5, 5.41) is 13.1. The van der Waals surface area contributed by atoms with Gasteiger partial charge in [0.25, 0.3) is 0 Å². The molecule has 0 spiro atoms. The van der Waals surface area contributed by atoms with Crippen LogP contribution < -0.4 is 15.0 Å². The number of nitrogens with one attached hydrogen (secondary N) is 1. The number of amidine groups is 1. The Bertz CT molecular complexity index is 1140. The van der Waals surface area contributed by atoms with E-state index in [1.807, 2.05) is 37.0 Å². The van der Waals surface area contributed by atoms with E-state index in [-0.39, 0.29) is 11.8 Å². The second kappa shape index (κ2) is 7.77. The molecule has 0 radical (unpaired) electrons. The lowest BCUT2D eigenvalue weighted by Crippen LogP contribution is -2.23. The summed E-state index contributed by atoms with van der Waals surface area (Å²) in [7, 11) is 0. The Hall–Kier alpha value is -3.26. The number of rotatable bonds is 4. The Morgan fingerprint density at radius 1 is 1.19 bits per heavy atom. The third kappa shape index (κ3) is 4.03. The molecule has 2 aliphatic heterocycles. The molecule has 3 heterocycles. The van der Waals surface area contributed by atoms with Crippen molar-refractivity contribution in [3.63, 3.8) is 0 Å². The number of hydrogen-bond acceptors (Lipinski definition) is 7. The van der Waals surface area contributed by atoms with Crippen LogP contribution in [0.2, 0.25) is 0 Å². The van der Waals surface area contributed by atoms with Gasteiger partial charge >= 0.3 is 6.01 Å². The molecule has 1 saturated heterocycles. The zero-order valence-corrected chi connectivity index (χ0v) is 17.5. The number of benzene rings is 1. The van der Waals surface area contributed by atoms with Crippen LogP contribution >= 0.6 is 0 Å². The first-order valence-electron chi connectivity index (χ1n) is 10.4. The molecule has 160 valence electrons. The summed E-state index contributed by atoms with van der Waals surface area (Å²) in [5.74, 6) is 1.50. The number of aromatic nitrogens is 2. The molecule has 1 aromatic heterocycles. The summed E-state index contributed by atoms with van der Waals surface area (Å²) in [6, 6.07) is 5.33. The van der Waals surface area contributed by atoms with E-state index in [4.69, 9.17) is 4.74 Å². The minimum absolute atomic E-state index is 0.0400. The van der Waals surface area contributed by atoms with Gasteiger partial charge in [0.2, 0.25) is 0 Å². The number of aliphatic hydroxyl groups is 1. The fraction of sp³-hybridized carbons (Fsp3) is 0.348. The summed E-state index contributed by atoms with van der Waals surface area (Å²) in [4.78, 5) is 15.3. The highest BCUT2D eigenvalue weighted by Gasteiger charge is 2.24. The van der Waals surface area contributed by atoms with Crippen molar-refractivity contribution in [2.24, 2.45) is 4.99 Å². The van der Waals surface area contributed by atoms with Crippen molar-refractivity contribution in [2.75, 3.05) is 29.9 Å². The van der Waals surface area contributed by atoms with Crippen LogP contribution in [0.3, 0.4) is 0 Å². The average Bonchev–Trinajstić information content (AvgIpc) is 3.44. The molecule has 1 aliphatic carbocycles. The second-order valence-corrected chi connectivity index (χ2v) is 8.32. The van der Waals surface area contributed by atoms with Crippen LogP contribution in [-0.4, -0.2) is 46.6 Å². The highest BCUT2D eigenvalue weighted by atomic mass is 19.1. The van der Waals surface area contributed by atoms with Gasteiger partial charge in [0.05, 0.1) is 12.6 Å². The largest absolute Gasteiger partial charge is 0.421 e. The predicted octanol–water partition coefficient (Wildman–Crippen LogP) is 3.71. The highest BCUT2D eigenvalue weighted by molar-refractivity contribution is 6.05. The van der Waals surface area contributed by atoms with E-state index in [1.165, 1.54) is 0 Å². The Morgan fingerprint density at radius 3 is 2.81 bits per heavy atom.